The van der Waals surface area contributed by atoms with E-state index in [1.807, 2.05) is 12.5 Å². The molecule has 0 radical (unpaired) electrons. The molecular formula is C16H23N5. The number of rotatable bonds is 2. The van der Waals surface area contributed by atoms with Gasteiger partial charge in [0.15, 0.2) is 5.82 Å². The molecule has 2 fully saturated rings. The summed E-state index contributed by atoms with van der Waals surface area (Å²) in [6.07, 6.45) is 9.25. The van der Waals surface area contributed by atoms with Gasteiger partial charge in [0, 0.05) is 38.4 Å². The predicted molar refractivity (Wildman–Crippen MR) is 84.7 cm³/mol. The summed E-state index contributed by atoms with van der Waals surface area (Å²) in [4.78, 5) is 14.1. The second-order valence-corrected chi connectivity index (χ2v) is 6.38. The van der Waals surface area contributed by atoms with Gasteiger partial charge in [0.25, 0.3) is 0 Å². The number of fused-ring (bicyclic) bond motifs is 1. The van der Waals surface area contributed by atoms with Crippen LogP contribution in [-0.2, 0) is 0 Å². The molecule has 5 nitrogen and oxygen atoms in total. The lowest BCUT2D eigenvalue weighted by Crippen LogP contribution is -2.44. The van der Waals surface area contributed by atoms with E-state index in [0.29, 0.717) is 6.04 Å². The Morgan fingerprint density at radius 1 is 1.05 bits per heavy atom. The van der Waals surface area contributed by atoms with Crippen molar-refractivity contribution in [2.24, 2.45) is 0 Å². The van der Waals surface area contributed by atoms with Gasteiger partial charge in [-0.15, -0.1) is 0 Å². The van der Waals surface area contributed by atoms with E-state index < -0.39 is 0 Å². The standard InChI is InChI=1S/C16H23N5/c1-19-8-10-20(11-9-19)16-15-14(6-7-17-16)21(12-18-15)13-4-2-3-5-13/h6-7,12-13H,2-5,8-11H2,1H3. The fraction of sp³-hybridized carbons (Fsp3) is 0.625. The minimum absolute atomic E-state index is 0.637. The SMILES string of the molecule is CN1CCN(c2nccc3c2ncn3C2CCCC2)CC1. The molecule has 0 atom stereocenters. The zero-order valence-electron chi connectivity index (χ0n) is 12.7. The topological polar surface area (TPSA) is 37.2 Å². The van der Waals surface area contributed by atoms with Gasteiger partial charge >= 0.3 is 0 Å². The lowest BCUT2D eigenvalue weighted by Gasteiger charge is -2.33. The maximum atomic E-state index is 4.70. The summed E-state index contributed by atoms with van der Waals surface area (Å²) >= 11 is 0. The molecule has 5 heteroatoms. The Hall–Kier alpha value is -1.62. The van der Waals surface area contributed by atoms with Gasteiger partial charge in [-0.25, -0.2) is 9.97 Å². The lowest BCUT2D eigenvalue weighted by atomic mass is 10.2. The van der Waals surface area contributed by atoms with Gasteiger partial charge in [0.1, 0.15) is 5.52 Å². The molecule has 0 N–H and O–H groups in total. The molecule has 0 aromatic carbocycles. The Bertz CT molecular complexity index is 621. The molecule has 2 aromatic heterocycles. The number of anilines is 1. The molecule has 3 heterocycles. The first-order valence-corrected chi connectivity index (χ1v) is 8.08. The smallest absolute Gasteiger partial charge is 0.156 e. The number of aromatic nitrogens is 3. The highest BCUT2D eigenvalue weighted by Crippen LogP contribution is 2.33. The molecule has 2 aliphatic rings. The molecule has 1 aliphatic carbocycles. The summed E-state index contributed by atoms with van der Waals surface area (Å²) in [6, 6.07) is 2.76. The van der Waals surface area contributed by atoms with Crippen molar-refractivity contribution in [3.8, 4) is 0 Å². The van der Waals surface area contributed by atoms with E-state index in [1.54, 1.807) is 0 Å². The summed E-state index contributed by atoms with van der Waals surface area (Å²) in [5.41, 5.74) is 2.33. The molecule has 1 aliphatic heterocycles. The molecule has 2 aromatic rings. The van der Waals surface area contributed by atoms with Crippen LogP contribution in [0.25, 0.3) is 11.0 Å². The molecule has 0 spiro atoms. The van der Waals surface area contributed by atoms with Crippen LogP contribution in [0.4, 0.5) is 5.82 Å². The van der Waals surface area contributed by atoms with Crippen LogP contribution in [0.1, 0.15) is 31.7 Å². The molecule has 0 unspecified atom stereocenters. The first-order valence-electron chi connectivity index (χ1n) is 8.08. The summed E-state index contributed by atoms with van der Waals surface area (Å²) in [7, 11) is 2.18. The van der Waals surface area contributed by atoms with Crippen molar-refractivity contribution in [1.82, 2.24) is 19.4 Å². The highest BCUT2D eigenvalue weighted by molar-refractivity contribution is 5.86. The Kier molecular flexibility index (Phi) is 3.30. The Balaban J connectivity index is 1.70. The number of likely N-dealkylation sites (N-methyl/N-ethyl adjacent to an activating group) is 1. The first-order chi connectivity index (χ1) is 10.3. The second-order valence-electron chi connectivity index (χ2n) is 6.38. The third kappa shape index (κ3) is 2.29. The molecule has 0 amide bonds. The number of nitrogens with zero attached hydrogens (tertiary/aromatic N) is 5. The van der Waals surface area contributed by atoms with Crippen molar-refractivity contribution < 1.29 is 0 Å². The molecule has 1 saturated heterocycles. The minimum atomic E-state index is 0.637. The predicted octanol–water partition coefficient (Wildman–Crippen LogP) is 2.30. The molecule has 21 heavy (non-hydrogen) atoms. The normalized spacial score (nSPS) is 21.5. The van der Waals surface area contributed by atoms with Crippen molar-refractivity contribution in [2.75, 3.05) is 38.1 Å². The van der Waals surface area contributed by atoms with Crippen LogP contribution in [0, 0.1) is 0 Å². The molecule has 112 valence electrons. The first kappa shape index (κ1) is 13.1. The average Bonchev–Trinajstić information content (AvgIpc) is 3.16. The van der Waals surface area contributed by atoms with Crippen LogP contribution >= 0.6 is 0 Å². The van der Waals surface area contributed by atoms with E-state index in [4.69, 9.17) is 4.98 Å². The van der Waals surface area contributed by atoms with Crippen LogP contribution < -0.4 is 4.90 Å². The van der Waals surface area contributed by atoms with Crippen molar-refractivity contribution in [3.05, 3.63) is 18.6 Å². The van der Waals surface area contributed by atoms with E-state index >= 15 is 0 Å². The third-order valence-electron chi connectivity index (χ3n) is 4.99. The summed E-state index contributed by atoms with van der Waals surface area (Å²) in [6.45, 7) is 4.28. The zero-order chi connectivity index (χ0) is 14.2. The summed E-state index contributed by atoms with van der Waals surface area (Å²) in [5, 5.41) is 0. The van der Waals surface area contributed by atoms with Crippen molar-refractivity contribution >= 4 is 16.9 Å². The van der Waals surface area contributed by atoms with E-state index in [2.05, 4.69) is 32.5 Å². The van der Waals surface area contributed by atoms with Gasteiger partial charge in [0.2, 0.25) is 0 Å². The van der Waals surface area contributed by atoms with Crippen LogP contribution in [0.2, 0.25) is 0 Å². The largest absolute Gasteiger partial charge is 0.352 e. The summed E-state index contributed by atoms with van der Waals surface area (Å²) in [5.74, 6) is 1.07. The number of hydrogen-bond donors (Lipinski definition) is 0. The van der Waals surface area contributed by atoms with Gasteiger partial charge in [0.05, 0.1) is 11.8 Å². The van der Waals surface area contributed by atoms with Gasteiger partial charge in [-0.2, -0.15) is 0 Å². The Morgan fingerprint density at radius 3 is 2.57 bits per heavy atom. The number of piperazine rings is 1. The zero-order valence-corrected chi connectivity index (χ0v) is 12.7. The van der Waals surface area contributed by atoms with Crippen molar-refractivity contribution in [3.63, 3.8) is 0 Å². The van der Waals surface area contributed by atoms with Crippen LogP contribution in [-0.4, -0.2) is 52.7 Å². The quantitative estimate of drug-likeness (QED) is 0.848. The molecular weight excluding hydrogens is 262 g/mol. The van der Waals surface area contributed by atoms with Crippen LogP contribution in [0.15, 0.2) is 18.6 Å². The van der Waals surface area contributed by atoms with E-state index in [9.17, 15) is 0 Å². The van der Waals surface area contributed by atoms with Crippen molar-refractivity contribution in [1.29, 1.82) is 0 Å². The summed E-state index contributed by atoms with van der Waals surface area (Å²) < 4.78 is 2.38. The Morgan fingerprint density at radius 2 is 1.81 bits per heavy atom. The van der Waals surface area contributed by atoms with Gasteiger partial charge < -0.3 is 14.4 Å². The highest BCUT2D eigenvalue weighted by Gasteiger charge is 2.22. The van der Waals surface area contributed by atoms with E-state index in [-0.39, 0.29) is 0 Å². The second kappa shape index (κ2) is 5.30. The Labute approximate surface area is 125 Å². The average molecular weight is 285 g/mol. The van der Waals surface area contributed by atoms with Crippen LogP contribution in [0.3, 0.4) is 0 Å². The fourth-order valence-corrected chi connectivity index (χ4v) is 3.67. The van der Waals surface area contributed by atoms with Gasteiger partial charge in [-0.3, -0.25) is 0 Å². The highest BCUT2D eigenvalue weighted by atomic mass is 15.3. The number of hydrogen-bond acceptors (Lipinski definition) is 4. The fourth-order valence-electron chi connectivity index (χ4n) is 3.67. The molecule has 1 saturated carbocycles. The third-order valence-corrected chi connectivity index (χ3v) is 4.99. The maximum Gasteiger partial charge on any atom is 0.156 e. The molecule has 0 bridgehead atoms. The number of imidazole rings is 1. The molecule has 4 rings (SSSR count). The van der Waals surface area contributed by atoms with Gasteiger partial charge in [-0.1, -0.05) is 12.8 Å². The lowest BCUT2D eigenvalue weighted by molar-refractivity contribution is 0.312. The number of pyridine rings is 1. The van der Waals surface area contributed by atoms with E-state index in [0.717, 1.165) is 37.5 Å². The maximum absolute atomic E-state index is 4.70. The van der Waals surface area contributed by atoms with Crippen LogP contribution in [0.5, 0.6) is 0 Å². The monoisotopic (exact) mass is 285 g/mol. The van der Waals surface area contributed by atoms with Crippen molar-refractivity contribution in [2.45, 2.75) is 31.7 Å². The van der Waals surface area contributed by atoms with E-state index in [1.165, 1.54) is 31.2 Å². The minimum Gasteiger partial charge on any atom is -0.352 e. The van der Waals surface area contributed by atoms with Gasteiger partial charge in [-0.05, 0) is 26.0 Å².